The van der Waals surface area contributed by atoms with Gasteiger partial charge in [0.1, 0.15) is 0 Å². The van der Waals surface area contributed by atoms with Gasteiger partial charge in [-0.1, -0.05) is 43.1 Å². The number of hydrogen-bond acceptors (Lipinski definition) is 3. The van der Waals surface area contributed by atoms with E-state index in [0.717, 1.165) is 0 Å². The van der Waals surface area contributed by atoms with Gasteiger partial charge in [0, 0.05) is 27.7 Å². The van der Waals surface area contributed by atoms with Crippen LogP contribution in [0.2, 0.25) is 10.0 Å². The fourth-order valence-electron chi connectivity index (χ4n) is 3.80. The van der Waals surface area contributed by atoms with Crippen LogP contribution in [0.5, 0.6) is 0 Å². The molecule has 0 spiro atoms. The zero-order chi connectivity index (χ0) is 18.1. The summed E-state index contributed by atoms with van der Waals surface area (Å²) >= 11 is 12.4. The number of aliphatic carboxylic acids is 1. The number of carboxylic acid groups (broad SMARTS) is 1. The number of allylic oxidation sites excluding steroid dienone is 2. The Kier molecular flexibility index (Phi) is 5.47. The highest BCUT2D eigenvalue weighted by Crippen LogP contribution is 2.52. The zero-order valence-corrected chi connectivity index (χ0v) is 15.4. The first kappa shape index (κ1) is 18.6. The van der Waals surface area contributed by atoms with Crippen LogP contribution in [0, 0.1) is 16.7 Å². The quantitative estimate of drug-likeness (QED) is 0.806. The van der Waals surface area contributed by atoms with Crippen molar-refractivity contribution in [1.82, 2.24) is 5.32 Å². The van der Waals surface area contributed by atoms with Crippen molar-refractivity contribution in [2.45, 2.75) is 45.6 Å². The SMILES string of the molecule is CCC1NC(C)=C(C#N)C(c2ccc(Cl)cc2Cl)C1(CC)C(=O)O. The summed E-state index contributed by atoms with van der Waals surface area (Å²) in [4.78, 5) is 12.4. The van der Waals surface area contributed by atoms with Crippen molar-refractivity contribution in [2.75, 3.05) is 0 Å². The second kappa shape index (κ2) is 7.04. The highest BCUT2D eigenvalue weighted by atomic mass is 35.5. The standard InChI is InChI=1S/C18H20Cl2N2O2/c1-4-15-18(5-2,17(23)24)16(13(9-21)10(3)22-15)12-7-6-11(19)8-14(12)20/h6-8,15-16,22H,4-5H2,1-3H3,(H,23,24). The first-order valence-electron chi connectivity index (χ1n) is 7.89. The number of carbonyl (C=O) groups is 1. The van der Waals surface area contributed by atoms with Gasteiger partial charge in [-0.2, -0.15) is 5.26 Å². The van der Waals surface area contributed by atoms with Crippen molar-refractivity contribution in [3.05, 3.63) is 45.1 Å². The molecule has 0 radical (unpaired) electrons. The van der Waals surface area contributed by atoms with E-state index < -0.39 is 17.3 Å². The third-order valence-electron chi connectivity index (χ3n) is 5.01. The van der Waals surface area contributed by atoms with Gasteiger partial charge in [0.05, 0.1) is 17.1 Å². The Hall–Kier alpha value is -1.70. The number of nitriles is 1. The number of benzene rings is 1. The van der Waals surface area contributed by atoms with Gasteiger partial charge in [-0.15, -0.1) is 0 Å². The Morgan fingerprint density at radius 2 is 2.08 bits per heavy atom. The van der Waals surface area contributed by atoms with Gasteiger partial charge in [-0.05, 0) is 37.5 Å². The minimum Gasteiger partial charge on any atom is -0.481 e. The molecule has 0 aliphatic carbocycles. The van der Waals surface area contributed by atoms with Gasteiger partial charge in [-0.3, -0.25) is 4.79 Å². The van der Waals surface area contributed by atoms with Gasteiger partial charge in [0.2, 0.25) is 0 Å². The Morgan fingerprint density at radius 1 is 1.42 bits per heavy atom. The molecule has 0 fully saturated rings. The molecular weight excluding hydrogens is 347 g/mol. The summed E-state index contributed by atoms with van der Waals surface area (Å²) in [6, 6.07) is 6.90. The topological polar surface area (TPSA) is 73.1 Å². The van der Waals surface area contributed by atoms with Crippen molar-refractivity contribution in [2.24, 2.45) is 5.41 Å². The number of nitrogens with one attached hydrogen (secondary N) is 1. The molecule has 0 bridgehead atoms. The van der Waals surface area contributed by atoms with Gasteiger partial charge < -0.3 is 10.4 Å². The summed E-state index contributed by atoms with van der Waals surface area (Å²) in [7, 11) is 0. The van der Waals surface area contributed by atoms with Crippen LogP contribution >= 0.6 is 23.2 Å². The minimum absolute atomic E-state index is 0.297. The fourth-order valence-corrected chi connectivity index (χ4v) is 4.32. The molecule has 3 unspecified atom stereocenters. The molecule has 1 aliphatic rings. The summed E-state index contributed by atoms with van der Waals surface area (Å²) in [5.41, 5.74) is 0.580. The van der Waals surface area contributed by atoms with Crippen LogP contribution in [0.1, 0.15) is 45.1 Å². The van der Waals surface area contributed by atoms with Crippen LogP contribution in [0.25, 0.3) is 0 Å². The number of hydrogen-bond donors (Lipinski definition) is 2. The fraction of sp³-hybridized carbons (Fsp3) is 0.444. The lowest BCUT2D eigenvalue weighted by Gasteiger charge is -2.47. The van der Waals surface area contributed by atoms with Crippen molar-refractivity contribution in [3.8, 4) is 6.07 Å². The lowest BCUT2D eigenvalue weighted by atomic mass is 9.60. The van der Waals surface area contributed by atoms with Crippen LogP contribution in [0.3, 0.4) is 0 Å². The lowest BCUT2D eigenvalue weighted by molar-refractivity contribution is -0.153. The zero-order valence-electron chi connectivity index (χ0n) is 13.9. The maximum Gasteiger partial charge on any atom is 0.312 e. The number of rotatable bonds is 4. The first-order valence-corrected chi connectivity index (χ1v) is 8.64. The van der Waals surface area contributed by atoms with Crippen LogP contribution in [-0.4, -0.2) is 17.1 Å². The van der Waals surface area contributed by atoms with Crippen LogP contribution in [-0.2, 0) is 4.79 Å². The molecule has 0 saturated heterocycles. The molecule has 1 aromatic rings. The van der Waals surface area contributed by atoms with Gasteiger partial charge in [0.25, 0.3) is 0 Å². The molecule has 0 aromatic heterocycles. The van der Waals surface area contributed by atoms with E-state index in [1.54, 1.807) is 25.1 Å². The number of nitrogens with zero attached hydrogens (tertiary/aromatic N) is 1. The Balaban J connectivity index is 2.83. The second-order valence-electron chi connectivity index (χ2n) is 6.05. The molecule has 0 amide bonds. The second-order valence-corrected chi connectivity index (χ2v) is 6.90. The van der Waals surface area contributed by atoms with E-state index in [4.69, 9.17) is 23.2 Å². The van der Waals surface area contributed by atoms with E-state index in [1.165, 1.54) is 0 Å². The maximum absolute atomic E-state index is 12.4. The molecule has 1 aliphatic heterocycles. The van der Waals surface area contributed by atoms with E-state index in [9.17, 15) is 15.2 Å². The average molecular weight is 367 g/mol. The monoisotopic (exact) mass is 366 g/mol. The smallest absolute Gasteiger partial charge is 0.312 e. The van der Waals surface area contributed by atoms with Crippen LogP contribution in [0.15, 0.2) is 29.5 Å². The molecule has 0 saturated carbocycles. The van der Waals surface area contributed by atoms with E-state index in [0.29, 0.717) is 39.7 Å². The van der Waals surface area contributed by atoms with E-state index in [2.05, 4.69) is 11.4 Å². The summed E-state index contributed by atoms with van der Waals surface area (Å²) in [6.45, 7) is 5.58. The maximum atomic E-state index is 12.4. The van der Waals surface area contributed by atoms with Crippen molar-refractivity contribution in [1.29, 1.82) is 5.26 Å². The normalized spacial score (nSPS) is 26.7. The molecule has 4 nitrogen and oxygen atoms in total. The molecule has 6 heteroatoms. The molecule has 2 N–H and O–H groups in total. The lowest BCUT2D eigenvalue weighted by Crippen LogP contribution is -2.56. The number of carboxylic acids is 1. The molecule has 3 atom stereocenters. The Morgan fingerprint density at radius 3 is 2.54 bits per heavy atom. The molecule has 2 rings (SSSR count). The van der Waals surface area contributed by atoms with Crippen molar-refractivity contribution in [3.63, 3.8) is 0 Å². The predicted octanol–water partition coefficient (Wildman–Crippen LogP) is 4.74. The molecule has 1 heterocycles. The summed E-state index contributed by atoms with van der Waals surface area (Å²) < 4.78 is 0. The van der Waals surface area contributed by atoms with Crippen molar-refractivity contribution < 1.29 is 9.90 Å². The van der Waals surface area contributed by atoms with E-state index in [-0.39, 0.29) is 6.04 Å². The third-order valence-corrected chi connectivity index (χ3v) is 5.57. The molecule has 128 valence electrons. The number of halogens is 2. The van der Waals surface area contributed by atoms with E-state index >= 15 is 0 Å². The van der Waals surface area contributed by atoms with Gasteiger partial charge in [0.15, 0.2) is 0 Å². The first-order chi connectivity index (χ1) is 11.3. The average Bonchev–Trinajstić information content (AvgIpc) is 2.53. The minimum atomic E-state index is -1.16. The van der Waals surface area contributed by atoms with Crippen LogP contribution < -0.4 is 5.32 Å². The van der Waals surface area contributed by atoms with E-state index in [1.807, 2.05) is 13.8 Å². The highest BCUT2D eigenvalue weighted by molar-refractivity contribution is 6.35. The highest BCUT2D eigenvalue weighted by Gasteiger charge is 2.55. The summed E-state index contributed by atoms with van der Waals surface area (Å²) in [5.74, 6) is -1.55. The predicted molar refractivity (Wildman–Crippen MR) is 95.1 cm³/mol. The van der Waals surface area contributed by atoms with Crippen LogP contribution in [0.4, 0.5) is 0 Å². The summed E-state index contributed by atoms with van der Waals surface area (Å²) in [5, 5.41) is 23.9. The van der Waals surface area contributed by atoms with Gasteiger partial charge in [-0.25, -0.2) is 0 Å². The Bertz CT molecular complexity index is 739. The largest absolute Gasteiger partial charge is 0.481 e. The third kappa shape index (κ3) is 2.76. The molecular formula is C18H20Cl2N2O2. The molecule has 1 aromatic carbocycles. The Labute approximate surface area is 152 Å². The van der Waals surface area contributed by atoms with Crippen molar-refractivity contribution >= 4 is 29.2 Å². The summed E-state index contributed by atoms with van der Waals surface area (Å²) in [6.07, 6.45) is 0.994. The molecule has 24 heavy (non-hydrogen) atoms. The van der Waals surface area contributed by atoms with Gasteiger partial charge >= 0.3 is 5.97 Å².